The normalized spacial score (nSPS) is 19.3. The lowest BCUT2D eigenvalue weighted by atomic mass is 9.90. The Morgan fingerprint density at radius 2 is 1.69 bits per heavy atom. The van der Waals surface area contributed by atoms with Gasteiger partial charge >= 0.3 is 5.51 Å². The third-order valence-corrected chi connectivity index (χ3v) is 2.49. The number of halogens is 3. The summed E-state index contributed by atoms with van der Waals surface area (Å²) in [5, 5.41) is 2.14. The van der Waals surface area contributed by atoms with Crippen LogP contribution in [0.5, 0.6) is 0 Å². The summed E-state index contributed by atoms with van der Waals surface area (Å²) in [6.45, 7) is 0. The Kier molecular flexibility index (Phi) is 3.98. The van der Waals surface area contributed by atoms with E-state index < -0.39 is 5.51 Å². The molecule has 0 aromatic rings. The van der Waals surface area contributed by atoms with Crippen LogP contribution in [0, 0.1) is 17.1 Å². The van der Waals surface area contributed by atoms with E-state index in [2.05, 4.69) is 11.2 Å². The van der Waals surface area contributed by atoms with Crippen LogP contribution in [0.1, 0.15) is 32.1 Å². The summed E-state index contributed by atoms with van der Waals surface area (Å²) in [6, 6.07) is 0. The van der Waals surface area contributed by atoms with E-state index in [4.69, 9.17) is 0 Å². The molecular weight excluding hydrogens is 197 g/mol. The molecule has 1 rings (SSSR count). The average Bonchev–Trinajstić information content (AvgIpc) is 2.04. The van der Waals surface area contributed by atoms with Crippen LogP contribution in [-0.4, -0.2) is 5.51 Å². The molecule has 0 saturated heterocycles. The monoisotopic (exact) mass is 208 g/mol. The van der Waals surface area contributed by atoms with E-state index in [9.17, 15) is 13.2 Å². The lowest BCUT2D eigenvalue weighted by Gasteiger charge is -2.15. The van der Waals surface area contributed by atoms with Crippen LogP contribution < -0.4 is 0 Å². The second-order valence-corrected chi connectivity index (χ2v) is 4.00. The van der Waals surface area contributed by atoms with Crippen molar-refractivity contribution in [1.29, 1.82) is 0 Å². The first-order chi connectivity index (χ1) is 6.08. The number of thioether (sulfide) groups is 1. The lowest BCUT2D eigenvalue weighted by Crippen LogP contribution is -2.03. The highest BCUT2D eigenvalue weighted by Gasteiger charge is 2.27. The third kappa shape index (κ3) is 5.09. The second kappa shape index (κ2) is 4.80. The molecule has 0 amide bonds. The minimum absolute atomic E-state index is 0.198. The van der Waals surface area contributed by atoms with Crippen molar-refractivity contribution in [3.05, 3.63) is 0 Å². The van der Waals surface area contributed by atoms with Crippen LogP contribution >= 0.6 is 11.8 Å². The Morgan fingerprint density at radius 1 is 1.08 bits per heavy atom. The summed E-state index contributed by atoms with van der Waals surface area (Å²) in [6.07, 6.45) is 5.34. The Balaban J connectivity index is 2.29. The van der Waals surface area contributed by atoms with E-state index in [1.165, 1.54) is 6.42 Å². The molecule has 0 atom stereocenters. The molecule has 0 aromatic carbocycles. The molecule has 0 aromatic heterocycles. The lowest BCUT2D eigenvalue weighted by molar-refractivity contribution is -0.0318. The molecule has 4 heteroatoms. The summed E-state index contributed by atoms with van der Waals surface area (Å²) >= 11 is -0.234. The van der Waals surface area contributed by atoms with Crippen LogP contribution in [-0.2, 0) is 0 Å². The van der Waals surface area contributed by atoms with Gasteiger partial charge in [-0.3, -0.25) is 0 Å². The number of alkyl halides is 3. The molecular formula is C9H11F3S. The van der Waals surface area contributed by atoms with Crippen LogP contribution in [0.4, 0.5) is 13.2 Å². The van der Waals surface area contributed by atoms with Gasteiger partial charge in [-0.25, -0.2) is 0 Å². The maximum absolute atomic E-state index is 11.7. The van der Waals surface area contributed by atoms with Crippen LogP contribution in [0.25, 0.3) is 0 Å². The predicted molar refractivity (Wildman–Crippen MR) is 48.0 cm³/mol. The molecule has 1 aliphatic carbocycles. The van der Waals surface area contributed by atoms with Crippen molar-refractivity contribution in [2.75, 3.05) is 0 Å². The quantitative estimate of drug-likeness (QED) is 0.546. The molecule has 0 unspecified atom stereocenters. The highest BCUT2D eigenvalue weighted by atomic mass is 32.2. The van der Waals surface area contributed by atoms with Gasteiger partial charge in [0.25, 0.3) is 0 Å². The maximum atomic E-state index is 11.7. The van der Waals surface area contributed by atoms with Crippen LogP contribution in [0.3, 0.4) is 0 Å². The van der Waals surface area contributed by atoms with E-state index in [1.807, 2.05) is 0 Å². The maximum Gasteiger partial charge on any atom is 0.453 e. The highest BCUT2D eigenvalue weighted by Crippen LogP contribution is 2.30. The van der Waals surface area contributed by atoms with E-state index >= 15 is 0 Å². The van der Waals surface area contributed by atoms with Crippen LogP contribution in [0.2, 0.25) is 0 Å². The molecule has 0 aliphatic heterocycles. The number of hydrogen-bond acceptors (Lipinski definition) is 1. The summed E-state index contributed by atoms with van der Waals surface area (Å²) in [5.74, 6) is 2.87. The predicted octanol–water partition coefficient (Wildman–Crippen LogP) is 3.78. The van der Waals surface area contributed by atoms with Crippen molar-refractivity contribution >= 4 is 11.8 Å². The average molecular weight is 208 g/mol. The molecule has 0 N–H and O–H groups in total. The van der Waals surface area contributed by atoms with Gasteiger partial charge in [0.1, 0.15) is 0 Å². The van der Waals surface area contributed by atoms with E-state index in [-0.39, 0.29) is 17.7 Å². The molecule has 0 nitrogen and oxygen atoms in total. The Morgan fingerprint density at radius 3 is 2.23 bits per heavy atom. The van der Waals surface area contributed by atoms with Crippen molar-refractivity contribution in [2.45, 2.75) is 37.6 Å². The molecule has 1 aliphatic rings. The Bertz CT molecular complexity index is 205. The zero-order valence-electron chi connectivity index (χ0n) is 7.16. The molecule has 0 bridgehead atoms. The van der Waals surface area contributed by atoms with Gasteiger partial charge in [-0.05, 0) is 18.1 Å². The molecule has 13 heavy (non-hydrogen) atoms. The van der Waals surface area contributed by atoms with Gasteiger partial charge < -0.3 is 0 Å². The minimum Gasteiger partial charge on any atom is -0.160 e. The Hall–Kier alpha value is -0.300. The van der Waals surface area contributed by atoms with Gasteiger partial charge in [-0.15, -0.1) is 0 Å². The first-order valence-corrected chi connectivity index (χ1v) is 5.15. The van der Waals surface area contributed by atoms with Gasteiger partial charge in [0.05, 0.1) is 0 Å². The van der Waals surface area contributed by atoms with Crippen molar-refractivity contribution in [3.8, 4) is 11.2 Å². The molecule has 0 spiro atoms. The summed E-state index contributed by atoms with van der Waals surface area (Å²) in [5.41, 5.74) is -4.21. The van der Waals surface area contributed by atoms with Gasteiger partial charge in [-0.1, -0.05) is 25.2 Å². The van der Waals surface area contributed by atoms with E-state index in [1.54, 1.807) is 0 Å². The van der Waals surface area contributed by atoms with Gasteiger partial charge in [0.2, 0.25) is 0 Å². The summed E-state index contributed by atoms with van der Waals surface area (Å²) < 4.78 is 35.0. The van der Waals surface area contributed by atoms with E-state index in [0.29, 0.717) is 0 Å². The van der Waals surface area contributed by atoms with Crippen molar-refractivity contribution in [3.63, 3.8) is 0 Å². The van der Waals surface area contributed by atoms with Crippen molar-refractivity contribution < 1.29 is 13.2 Å². The molecule has 1 fully saturated rings. The molecule has 74 valence electrons. The SMILES string of the molecule is FC(F)(F)SC#CC1CCCCC1. The third-order valence-electron chi connectivity index (χ3n) is 2.03. The first-order valence-electron chi connectivity index (χ1n) is 4.33. The zero-order chi connectivity index (χ0) is 9.73. The topological polar surface area (TPSA) is 0 Å². The highest BCUT2D eigenvalue weighted by molar-refractivity contribution is 8.04. The van der Waals surface area contributed by atoms with Gasteiger partial charge in [-0.2, -0.15) is 13.2 Å². The zero-order valence-corrected chi connectivity index (χ0v) is 7.97. The van der Waals surface area contributed by atoms with Crippen molar-refractivity contribution in [1.82, 2.24) is 0 Å². The first kappa shape index (κ1) is 10.8. The molecule has 0 heterocycles. The van der Waals surface area contributed by atoms with Crippen molar-refractivity contribution in [2.24, 2.45) is 5.92 Å². The van der Waals surface area contributed by atoms with Gasteiger partial charge in [0.15, 0.2) is 0 Å². The number of rotatable bonds is 0. The fourth-order valence-corrected chi connectivity index (χ4v) is 1.76. The molecule has 0 radical (unpaired) electrons. The smallest absolute Gasteiger partial charge is 0.160 e. The number of hydrogen-bond donors (Lipinski definition) is 0. The summed E-state index contributed by atoms with van der Waals surface area (Å²) in [4.78, 5) is 0. The standard InChI is InChI=1S/C9H11F3S/c10-9(11,12)13-7-6-8-4-2-1-3-5-8/h8H,1-5H2. The van der Waals surface area contributed by atoms with E-state index in [0.717, 1.165) is 25.7 Å². The fraction of sp³-hybridized carbons (Fsp3) is 0.778. The molecule has 1 saturated carbocycles. The van der Waals surface area contributed by atoms with Crippen LogP contribution in [0.15, 0.2) is 0 Å². The fourth-order valence-electron chi connectivity index (χ4n) is 1.42. The van der Waals surface area contributed by atoms with Gasteiger partial charge in [0, 0.05) is 17.7 Å². The summed E-state index contributed by atoms with van der Waals surface area (Å²) in [7, 11) is 0. The minimum atomic E-state index is -4.21. The Labute approximate surface area is 80.3 Å². The second-order valence-electron chi connectivity index (χ2n) is 3.13. The largest absolute Gasteiger partial charge is 0.453 e.